The van der Waals surface area contributed by atoms with Gasteiger partial charge in [0.2, 0.25) is 0 Å². The lowest BCUT2D eigenvalue weighted by atomic mass is 10.1. The monoisotopic (exact) mass is 372 g/mol. The largest absolute Gasteiger partial charge is 0.494 e. The Hall–Kier alpha value is -3.22. The van der Waals surface area contributed by atoms with Gasteiger partial charge in [0.1, 0.15) is 5.75 Å². The van der Waals surface area contributed by atoms with Crippen molar-refractivity contribution in [3.63, 3.8) is 0 Å². The minimum absolute atomic E-state index is 0.213. The Balaban J connectivity index is 2.10. The van der Waals surface area contributed by atoms with Crippen molar-refractivity contribution >= 4 is 11.8 Å². The second-order valence-electron chi connectivity index (χ2n) is 5.82. The molecule has 2 amide bonds. The molecular weight excluding hydrogens is 348 g/mol. The maximum atomic E-state index is 12.6. The molecule has 0 aromatic heterocycles. The van der Waals surface area contributed by atoms with Crippen molar-refractivity contribution in [2.24, 2.45) is 5.73 Å². The summed E-state index contributed by atoms with van der Waals surface area (Å²) in [4.78, 5) is 23.4. The van der Waals surface area contributed by atoms with Gasteiger partial charge in [-0.25, -0.2) is 0 Å². The molecule has 1 atom stereocenters. The third-order valence-electron chi connectivity index (χ3n) is 3.81. The SMILES string of the molecule is CCOc1cccc(C(C)NC(=O)c2ccc(OCC(N)=O)c(OC)c2)c1. The van der Waals surface area contributed by atoms with Crippen LogP contribution >= 0.6 is 0 Å². The van der Waals surface area contributed by atoms with E-state index in [-0.39, 0.29) is 18.6 Å². The Kier molecular flexibility index (Phi) is 7.05. The summed E-state index contributed by atoms with van der Waals surface area (Å²) in [5.41, 5.74) is 6.41. The van der Waals surface area contributed by atoms with E-state index in [0.29, 0.717) is 23.7 Å². The number of nitrogens with one attached hydrogen (secondary N) is 1. The van der Waals surface area contributed by atoms with Gasteiger partial charge in [-0.15, -0.1) is 0 Å². The minimum atomic E-state index is -0.595. The van der Waals surface area contributed by atoms with E-state index in [1.165, 1.54) is 7.11 Å². The molecule has 7 nitrogen and oxygen atoms in total. The van der Waals surface area contributed by atoms with Crippen LogP contribution in [0.25, 0.3) is 0 Å². The van der Waals surface area contributed by atoms with Gasteiger partial charge in [-0.1, -0.05) is 12.1 Å². The summed E-state index contributed by atoms with van der Waals surface area (Å²) < 4.78 is 16.0. The molecule has 7 heteroatoms. The number of nitrogens with two attached hydrogens (primary N) is 1. The number of primary amides is 1. The Labute approximate surface area is 158 Å². The summed E-state index contributed by atoms with van der Waals surface area (Å²) in [7, 11) is 1.45. The van der Waals surface area contributed by atoms with Crippen LogP contribution in [0.1, 0.15) is 35.8 Å². The highest BCUT2D eigenvalue weighted by molar-refractivity contribution is 5.95. The number of amides is 2. The molecular formula is C20H24N2O5. The highest BCUT2D eigenvalue weighted by Crippen LogP contribution is 2.28. The molecule has 2 aromatic rings. The molecule has 0 saturated carbocycles. The van der Waals surface area contributed by atoms with Crippen LogP contribution in [0.15, 0.2) is 42.5 Å². The predicted octanol–water partition coefficient (Wildman–Crippen LogP) is 2.45. The van der Waals surface area contributed by atoms with Crippen molar-refractivity contribution in [3.8, 4) is 17.2 Å². The van der Waals surface area contributed by atoms with E-state index in [1.54, 1.807) is 18.2 Å². The molecule has 144 valence electrons. The fourth-order valence-electron chi connectivity index (χ4n) is 2.48. The molecule has 0 saturated heterocycles. The normalized spacial score (nSPS) is 11.4. The highest BCUT2D eigenvalue weighted by Gasteiger charge is 2.15. The second kappa shape index (κ2) is 9.47. The molecule has 0 radical (unpaired) electrons. The van der Waals surface area contributed by atoms with Gasteiger partial charge in [-0.05, 0) is 49.7 Å². The van der Waals surface area contributed by atoms with Crippen molar-refractivity contribution in [3.05, 3.63) is 53.6 Å². The average Bonchev–Trinajstić information content (AvgIpc) is 2.66. The van der Waals surface area contributed by atoms with Crippen molar-refractivity contribution in [2.75, 3.05) is 20.3 Å². The number of benzene rings is 2. The molecule has 0 bridgehead atoms. The van der Waals surface area contributed by atoms with Crippen molar-refractivity contribution in [2.45, 2.75) is 19.9 Å². The number of carbonyl (C=O) groups excluding carboxylic acids is 2. The van der Waals surface area contributed by atoms with E-state index < -0.39 is 5.91 Å². The first-order chi connectivity index (χ1) is 12.9. The standard InChI is InChI=1S/C20H24N2O5/c1-4-26-16-7-5-6-14(10-16)13(2)22-20(24)15-8-9-17(18(11-15)25-3)27-12-19(21)23/h5-11,13H,4,12H2,1-3H3,(H2,21,23)(H,22,24). The summed E-state index contributed by atoms with van der Waals surface area (Å²) in [5, 5.41) is 2.94. The molecule has 27 heavy (non-hydrogen) atoms. The van der Waals surface area contributed by atoms with Crippen LogP contribution in [0.3, 0.4) is 0 Å². The van der Waals surface area contributed by atoms with E-state index in [1.807, 2.05) is 38.1 Å². The van der Waals surface area contributed by atoms with Crippen LogP contribution in [0.5, 0.6) is 17.2 Å². The molecule has 0 aliphatic heterocycles. The van der Waals surface area contributed by atoms with Crippen LogP contribution in [0, 0.1) is 0 Å². The van der Waals surface area contributed by atoms with Crippen LogP contribution in [0.4, 0.5) is 0 Å². The molecule has 0 aliphatic carbocycles. The fourth-order valence-corrected chi connectivity index (χ4v) is 2.48. The molecule has 2 aromatic carbocycles. The summed E-state index contributed by atoms with van der Waals surface area (Å²) in [5.74, 6) is 0.583. The Morgan fingerprint density at radius 1 is 1.11 bits per heavy atom. The third-order valence-corrected chi connectivity index (χ3v) is 3.81. The zero-order valence-corrected chi connectivity index (χ0v) is 15.7. The summed E-state index contributed by atoms with van der Waals surface area (Å²) >= 11 is 0. The summed E-state index contributed by atoms with van der Waals surface area (Å²) in [6.07, 6.45) is 0. The number of methoxy groups -OCH3 is 1. The maximum Gasteiger partial charge on any atom is 0.255 e. The summed E-state index contributed by atoms with van der Waals surface area (Å²) in [6.45, 7) is 4.12. The van der Waals surface area contributed by atoms with E-state index in [4.69, 9.17) is 19.9 Å². The van der Waals surface area contributed by atoms with Gasteiger partial charge in [0.05, 0.1) is 19.8 Å². The van der Waals surface area contributed by atoms with Crippen LogP contribution in [-0.4, -0.2) is 32.1 Å². The highest BCUT2D eigenvalue weighted by atomic mass is 16.5. The van der Waals surface area contributed by atoms with E-state index in [2.05, 4.69) is 5.32 Å². The zero-order chi connectivity index (χ0) is 19.8. The van der Waals surface area contributed by atoms with Crippen LogP contribution in [-0.2, 0) is 4.79 Å². The van der Waals surface area contributed by atoms with Crippen LogP contribution in [0.2, 0.25) is 0 Å². The van der Waals surface area contributed by atoms with Gasteiger partial charge in [-0.3, -0.25) is 9.59 Å². The fraction of sp³-hybridized carbons (Fsp3) is 0.300. The first-order valence-electron chi connectivity index (χ1n) is 8.57. The molecule has 0 heterocycles. The molecule has 0 fully saturated rings. The van der Waals surface area contributed by atoms with Gasteiger partial charge in [0, 0.05) is 5.56 Å². The number of carbonyl (C=O) groups is 2. The minimum Gasteiger partial charge on any atom is -0.494 e. The topological polar surface area (TPSA) is 99.9 Å². The smallest absolute Gasteiger partial charge is 0.255 e. The Morgan fingerprint density at radius 3 is 2.56 bits per heavy atom. The Morgan fingerprint density at radius 2 is 1.89 bits per heavy atom. The molecule has 2 rings (SSSR count). The first kappa shape index (κ1) is 20.1. The molecule has 1 unspecified atom stereocenters. The number of ether oxygens (including phenoxy) is 3. The second-order valence-corrected chi connectivity index (χ2v) is 5.82. The lowest BCUT2D eigenvalue weighted by Crippen LogP contribution is -2.26. The van der Waals surface area contributed by atoms with Gasteiger partial charge in [0.25, 0.3) is 11.8 Å². The number of hydrogen-bond acceptors (Lipinski definition) is 5. The van der Waals surface area contributed by atoms with Crippen molar-refractivity contribution in [1.82, 2.24) is 5.32 Å². The van der Waals surface area contributed by atoms with Crippen molar-refractivity contribution in [1.29, 1.82) is 0 Å². The van der Waals surface area contributed by atoms with E-state index in [9.17, 15) is 9.59 Å². The van der Waals surface area contributed by atoms with Gasteiger partial charge >= 0.3 is 0 Å². The quantitative estimate of drug-likeness (QED) is 0.704. The third kappa shape index (κ3) is 5.64. The van der Waals surface area contributed by atoms with Gasteiger partial charge < -0.3 is 25.3 Å². The zero-order valence-electron chi connectivity index (χ0n) is 15.7. The number of rotatable bonds is 9. The van der Waals surface area contributed by atoms with Gasteiger partial charge in [-0.2, -0.15) is 0 Å². The molecule has 0 spiro atoms. The lowest BCUT2D eigenvalue weighted by Gasteiger charge is -2.16. The lowest BCUT2D eigenvalue weighted by molar-refractivity contribution is -0.119. The number of hydrogen-bond donors (Lipinski definition) is 2. The predicted molar refractivity (Wildman–Crippen MR) is 101 cm³/mol. The van der Waals surface area contributed by atoms with E-state index >= 15 is 0 Å². The van der Waals surface area contributed by atoms with Crippen LogP contribution < -0.4 is 25.3 Å². The van der Waals surface area contributed by atoms with Crippen molar-refractivity contribution < 1.29 is 23.8 Å². The Bertz CT molecular complexity index is 807. The first-order valence-corrected chi connectivity index (χ1v) is 8.57. The van der Waals surface area contributed by atoms with Gasteiger partial charge in [0.15, 0.2) is 18.1 Å². The van der Waals surface area contributed by atoms with E-state index in [0.717, 1.165) is 11.3 Å². The average molecular weight is 372 g/mol. The molecule has 3 N–H and O–H groups in total. The summed E-state index contributed by atoms with van der Waals surface area (Å²) in [6, 6.07) is 12.1. The maximum absolute atomic E-state index is 12.6. The molecule has 0 aliphatic rings.